The maximum absolute atomic E-state index is 11.5. The third-order valence-electron chi connectivity index (χ3n) is 2.14. The normalized spacial score (nSPS) is 10.6. The van der Waals surface area contributed by atoms with Crippen molar-refractivity contribution in [2.75, 3.05) is 7.11 Å². The number of ether oxygens (including phenoxy) is 1. The fraction of sp³-hybridized carbons (Fsp3) is 0.200. The van der Waals surface area contributed by atoms with Gasteiger partial charge in [0.2, 0.25) is 0 Å². The highest BCUT2D eigenvalue weighted by atomic mass is 127. The summed E-state index contributed by atoms with van der Waals surface area (Å²) in [5.41, 5.74) is 1.93. The first-order chi connectivity index (χ1) is 7.13. The minimum Gasteiger partial charge on any atom is -0.464 e. The fourth-order valence-electron chi connectivity index (χ4n) is 1.48. The lowest BCUT2D eigenvalue weighted by Gasteiger charge is -2.00. The van der Waals surface area contributed by atoms with Gasteiger partial charge in [-0.2, -0.15) is 0 Å². The summed E-state index contributed by atoms with van der Waals surface area (Å²) in [6.45, 7) is 1.80. The second-order valence-electron chi connectivity index (χ2n) is 3.11. The van der Waals surface area contributed by atoms with Crippen LogP contribution in [0.2, 0.25) is 0 Å². The molecule has 15 heavy (non-hydrogen) atoms. The van der Waals surface area contributed by atoms with Crippen molar-refractivity contribution in [3.8, 4) is 0 Å². The summed E-state index contributed by atoms with van der Waals surface area (Å²) >= 11 is 2.19. The summed E-state index contributed by atoms with van der Waals surface area (Å²) in [6, 6.07) is 3.82. The molecular weight excluding hydrogens is 307 g/mol. The highest BCUT2D eigenvalue weighted by Gasteiger charge is 2.16. The van der Waals surface area contributed by atoms with Gasteiger partial charge in [0.25, 0.3) is 0 Å². The quantitative estimate of drug-likeness (QED) is 0.597. The summed E-state index contributed by atoms with van der Waals surface area (Å²) in [5.74, 6) is -0.359. The average molecular weight is 316 g/mol. The first-order valence-electron chi connectivity index (χ1n) is 4.36. The molecule has 0 aliphatic rings. The number of methoxy groups -OCH3 is 1. The number of carbonyl (C=O) groups is 1. The lowest BCUT2D eigenvalue weighted by atomic mass is 10.3. The lowest BCUT2D eigenvalue weighted by Crippen LogP contribution is -2.07. The van der Waals surface area contributed by atoms with Crippen LogP contribution in [0.5, 0.6) is 0 Å². The molecule has 0 amide bonds. The van der Waals surface area contributed by atoms with Crippen LogP contribution >= 0.6 is 22.6 Å². The van der Waals surface area contributed by atoms with E-state index in [1.165, 1.54) is 7.11 Å². The van der Waals surface area contributed by atoms with Crippen molar-refractivity contribution in [3.63, 3.8) is 0 Å². The molecular formula is C10H9IN2O2. The van der Waals surface area contributed by atoms with E-state index in [2.05, 4.69) is 27.6 Å². The maximum Gasteiger partial charge on any atom is 0.356 e. The highest BCUT2D eigenvalue weighted by molar-refractivity contribution is 14.1. The minimum atomic E-state index is -0.359. The number of nitrogens with zero attached hydrogens (tertiary/aromatic N) is 2. The summed E-state index contributed by atoms with van der Waals surface area (Å²) in [6.07, 6.45) is 1.86. The van der Waals surface area contributed by atoms with E-state index < -0.39 is 0 Å². The monoisotopic (exact) mass is 316 g/mol. The van der Waals surface area contributed by atoms with Crippen LogP contribution in [0.25, 0.3) is 5.65 Å². The van der Waals surface area contributed by atoms with Crippen LogP contribution in [0.1, 0.15) is 16.2 Å². The van der Waals surface area contributed by atoms with Crippen LogP contribution in [0.4, 0.5) is 0 Å². The van der Waals surface area contributed by atoms with Crippen LogP contribution in [0, 0.1) is 10.5 Å². The van der Waals surface area contributed by atoms with Gasteiger partial charge in [-0.25, -0.2) is 9.78 Å². The van der Waals surface area contributed by atoms with Crippen molar-refractivity contribution in [1.29, 1.82) is 0 Å². The number of fused-ring (bicyclic) bond motifs is 1. The van der Waals surface area contributed by atoms with Crippen LogP contribution in [0.3, 0.4) is 0 Å². The number of pyridine rings is 1. The molecule has 0 aromatic carbocycles. The Labute approximate surface area is 100 Å². The third kappa shape index (κ3) is 1.71. The van der Waals surface area contributed by atoms with Gasteiger partial charge in [-0.15, -0.1) is 0 Å². The molecule has 78 valence electrons. The number of hydrogen-bond donors (Lipinski definition) is 0. The van der Waals surface area contributed by atoms with Crippen molar-refractivity contribution in [2.24, 2.45) is 0 Å². The molecule has 0 bridgehead atoms. The van der Waals surface area contributed by atoms with Crippen molar-refractivity contribution < 1.29 is 9.53 Å². The Hall–Kier alpha value is -1.11. The molecule has 0 unspecified atom stereocenters. The third-order valence-corrected chi connectivity index (χ3v) is 2.77. The van der Waals surface area contributed by atoms with E-state index in [0.717, 1.165) is 9.22 Å². The zero-order valence-corrected chi connectivity index (χ0v) is 10.5. The highest BCUT2D eigenvalue weighted by Crippen LogP contribution is 2.15. The van der Waals surface area contributed by atoms with Crippen LogP contribution in [-0.2, 0) is 4.74 Å². The Kier molecular flexibility index (Phi) is 2.64. The smallest absolute Gasteiger partial charge is 0.356 e. The summed E-state index contributed by atoms with van der Waals surface area (Å²) < 4.78 is 7.52. The predicted molar refractivity (Wildman–Crippen MR) is 64.0 cm³/mol. The molecule has 0 spiro atoms. The van der Waals surface area contributed by atoms with Crippen LogP contribution in [0.15, 0.2) is 18.3 Å². The second-order valence-corrected chi connectivity index (χ2v) is 4.36. The van der Waals surface area contributed by atoms with E-state index in [9.17, 15) is 4.79 Å². The Bertz CT molecular complexity index is 533. The van der Waals surface area contributed by atoms with E-state index >= 15 is 0 Å². The van der Waals surface area contributed by atoms with Gasteiger partial charge in [0, 0.05) is 9.77 Å². The Morgan fingerprint density at radius 1 is 1.53 bits per heavy atom. The zero-order valence-electron chi connectivity index (χ0n) is 8.32. The van der Waals surface area contributed by atoms with Gasteiger partial charge in [-0.3, -0.25) is 4.40 Å². The number of aromatic nitrogens is 2. The molecule has 0 saturated heterocycles. The van der Waals surface area contributed by atoms with Gasteiger partial charge in [-0.1, -0.05) is 0 Å². The van der Waals surface area contributed by atoms with Gasteiger partial charge in [0.05, 0.1) is 12.8 Å². The second kappa shape index (κ2) is 3.80. The Morgan fingerprint density at radius 2 is 2.27 bits per heavy atom. The molecule has 0 aliphatic heterocycles. The van der Waals surface area contributed by atoms with Gasteiger partial charge in [0.1, 0.15) is 5.65 Å². The molecule has 0 radical (unpaired) electrons. The largest absolute Gasteiger partial charge is 0.464 e. The summed E-state index contributed by atoms with van der Waals surface area (Å²) in [7, 11) is 1.37. The van der Waals surface area contributed by atoms with Crippen molar-refractivity contribution in [3.05, 3.63) is 33.3 Å². The van der Waals surface area contributed by atoms with E-state index in [0.29, 0.717) is 11.4 Å². The molecule has 0 fully saturated rings. The number of carbonyl (C=O) groups excluding carboxylic acids is 1. The molecule has 0 aliphatic carbocycles. The summed E-state index contributed by atoms with van der Waals surface area (Å²) in [5, 5.41) is 0. The van der Waals surface area contributed by atoms with Crippen LogP contribution in [-0.4, -0.2) is 22.5 Å². The van der Waals surface area contributed by atoms with E-state index in [-0.39, 0.29) is 5.97 Å². The molecule has 5 heteroatoms. The number of rotatable bonds is 1. The predicted octanol–water partition coefficient (Wildman–Crippen LogP) is 2.03. The van der Waals surface area contributed by atoms with E-state index in [1.54, 1.807) is 11.3 Å². The van der Waals surface area contributed by atoms with Crippen molar-refractivity contribution in [2.45, 2.75) is 6.92 Å². The SMILES string of the molecule is COC(=O)c1c(C)nc2ccc(I)cn12. The standard InChI is InChI=1S/C10H9IN2O2/c1-6-9(10(14)15-2)13-5-7(11)3-4-8(13)12-6/h3-5H,1-2H3. The topological polar surface area (TPSA) is 43.6 Å². The van der Waals surface area contributed by atoms with Gasteiger partial charge < -0.3 is 4.74 Å². The maximum atomic E-state index is 11.5. The average Bonchev–Trinajstić information content (AvgIpc) is 2.52. The van der Waals surface area contributed by atoms with Gasteiger partial charge >= 0.3 is 5.97 Å². The number of imidazole rings is 1. The number of halogens is 1. The van der Waals surface area contributed by atoms with E-state index in [4.69, 9.17) is 4.74 Å². The van der Waals surface area contributed by atoms with E-state index in [1.807, 2.05) is 18.3 Å². The van der Waals surface area contributed by atoms with Crippen molar-refractivity contribution >= 4 is 34.2 Å². The molecule has 2 rings (SSSR count). The molecule has 0 saturated carbocycles. The molecule has 2 aromatic heterocycles. The molecule has 2 aromatic rings. The first kappa shape index (κ1) is 10.4. The first-order valence-corrected chi connectivity index (χ1v) is 5.44. The molecule has 2 heterocycles. The van der Waals surface area contributed by atoms with Crippen molar-refractivity contribution in [1.82, 2.24) is 9.38 Å². The Balaban J connectivity index is 2.76. The minimum absolute atomic E-state index is 0.359. The van der Waals surface area contributed by atoms with Gasteiger partial charge in [-0.05, 0) is 41.6 Å². The zero-order chi connectivity index (χ0) is 11.0. The lowest BCUT2D eigenvalue weighted by molar-refractivity contribution is 0.0592. The molecule has 4 nitrogen and oxygen atoms in total. The number of aryl methyl sites for hydroxylation is 1. The molecule has 0 N–H and O–H groups in total. The van der Waals surface area contributed by atoms with Gasteiger partial charge in [0.15, 0.2) is 5.69 Å². The van der Waals surface area contributed by atoms with Crippen LogP contribution < -0.4 is 0 Å². The summed E-state index contributed by atoms with van der Waals surface area (Å²) in [4.78, 5) is 15.8. The molecule has 0 atom stereocenters. The fourth-order valence-corrected chi connectivity index (χ4v) is 1.94. The Morgan fingerprint density at radius 3 is 2.93 bits per heavy atom. The number of hydrogen-bond acceptors (Lipinski definition) is 3. The number of esters is 1.